The average Bonchev–Trinajstić information content (AvgIpc) is 3.34. The van der Waals surface area contributed by atoms with E-state index in [2.05, 4.69) is 15.2 Å². The first-order valence-corrected chi connectivity index (χ1v) is 8.63. The summed E-state index contributed by atoms with van der Waals surface area (Å²) in [5, 5.41) is 17.4. The van der Waals surface area contributed by atoms with Crippen molar-refractivity contribution in [1.29, 1.82) is 0 Å². The molecule has 2 heterocycles. The molecule has 6 nitrogen and oxygen atoms in total. The molecule has 2 aromatic rings. The zero-order valence-electron chi connectivity index (χ0n) is 13.8. The molecule has 0 atom stereocenters. The van der Waals surface area contributed by atoms with Crippen molar-refractivity contribution in [2.24, 2.45) is 0 Å². The lowest BCUT2D eigenvalue weighted by atomic mass is 9.95. The Morgan fingerprint density at radius 3 is 2.67 bits per heavy atom. The minimum Gasteiger partial charge on any atom is -0.507 e. The van der Waals surface area contributed by atoms with Crippen LogP contribution in [-0.4, -0.2) is 44.2 Å². The highest BCUT2D eigenvalue weighted by atomic mass is 16.3. The quantitative estimate of drug-likeness (QED) is 0.908. The van der Waals surface area contributed by atoms with Crippen LogP contribution in [0.5, 0.6) is 5.75 Å². The van der Waals surface area contributed by atoms with Gasteiger partial charge in [0.2, 0.25) is 0 Å². The van der Waals surface area contributed by atoms with Gasteiger partial charge in [0, 0.05) is 24.9 Å². The van der Waals surface area contributed by atoms with E-state index in [1.807, 2.05) is 11.8 Å². The number of aromatic nitrogens is 3. The number of nitrogens with zero attached hydrogens (tertiary/aromatic N) is 3. The van der Waals surface area contributed by atoms with Crippen LogP contribution < -0.4 is 0 Å². The van der Waals surface area contributed by atoms with Gasteiger partial charge in [0.05, 0.1) is 5.56 Å². The van der Waals surface area contributed by atoms with E-state index < -0.39 is 0 Å². The van der Waals surface area contributed by atoms with Gasteiger partial charge in [-0.05, 0) is 44.7 Å². The average molecular weight is 326 g/mol. The molecule has 6 heteroatoms. The van der Waals surface area contributed by atoms with E-state index in [0.29, 0.717) is 30.5 Å². The van der Waals surface area contributed by atoms with Gasteiger partial charge >= 0.3 is 0 Å². The van der Waals surface area contributed by atoms with Crippen LogP contribution in [0, 0.1) is 6.92 Å². The number of rotatable bonds is 3. The zero-order chi connectivity index (χ0) is 16.7. The van der Waals surface area contributed by atoms with Crippen LogP contribution in [0.4, 0.5) is 0 Å². The van der Waals surface area contributed by atoms with Gasteiger partial charge in [-0.1, -0.05) is 11.6 Å². The summed E-state index contributed by atoms with van der Waals surface area (Å²) >= 11 is 0. The second-order valence-electron chi connectivity index (χ2n) is 6.94. The standard InChI is InChI=1S/C18H22N4O2/c1-11-2-5-15(23)14(10-11)18(24)22-8-6-13(7-9-22)17-19-16(20-21-17)12-3-4-12/h2,5,10,12-13,23H,3-4,6-9H2,1H3,(H,19,20,21). The molecular weight excluding hydrogens is 304 g/mol. The molecule has 2 N–H and O–H groups in total. The molecule has 126 valence electrons. The highest BCUT2D eigenvalue weighted by Gasteiger charge is 2.31. The van der Waals surface area contributed by atoms with Crippen molar-refractivity contribution >= 4 is 5.91 Å². The minimum absolute atomic E-state index is 0.0528. The molecule has 2 aliphatic rings. The maximum Gasteiger partial charge on any atom is 0.257 e. The summed E-state index contributed by atoms with van der Waals surface area (Å²) in [7, 11) is 0. The Hall–Kier alpha value is -2.37. The van der Waals surface area contributed by atoms with Crippen molar-refractivity contribution in [3.63, 3.8) is 0 Å². The van der Waals surface area contributed by atoms with Crippen molar-refractivity contribution in [3.05, 3.63) is 41.0 Å². The first-order chi connectivity index (χ1) is 11.6. The lowest BCUT2D eigenvalue weighted by Gasteiger charge is -2.31. The van der Waals surface area contributed by atoms with Crippen LogP contribution in [0.15, 0.2) is 18.2 Å². The second kappa shape index (κ2) is 5.92. The summed E-state index contributed by atoms with van der Waals surface area (Å²) in [4.78, 5) is 19.1. The van der Waals surface area contributed by atoms with Gasteiger partial charge in [0.15, 0.2) is 5.82 Å². The molecule has 4 rings (SSSR count). The van der Waals surface area contributed by atoms with Crippen molar-refractivity contribution < 1.29 is 9.90 Å². The SMILES string of the molecule is Cc1ccc(O)c(C(=O)N2CCC(c3nc(C4CC4)n[nH]3)CC2)c1. The number of carbonyl (C=O) groups excluding carboxylic acids is 1. The molecule has 24 heavy (non-hydrogen) atoms. The van der Waals surface area contributed by atoms with Gasteiger partial charge in [0.25, 0.3) is 5.91 Å². The number of aromatic amines is 1. The predicted octanol–water partition coefficient (Wildman–Crippen LogP) is 2.72. The summed E-state index contributed by atoms with van der Waals surface area (Å²) in [5.41, 5.74) is 1.37. The van der Waals surface area contributed by atoms with E-state index in [4.69, 9.17) is 0 Å². The number of likely N-dealkylation sites (tertiary alicyclic amines) is 1. The summed E-state index contributed by atoms with van der Waals surface area (Å²) in [6.45, 7) is 3.27. The monoisotopic (exact) mass is 326 g/mol. The molecular formula is C18H22N4O2. The van der Waals surface area contributed by atoms with E-state index in [9.17, 15) is 9.90 Å². The van der Waals surface area contributed by atoms with Gasteiger partial charge in [-0.25, -0.2) is 4.98 Å². The van der Waals surface area contributed by atoms with Crippen LogP contribution in [0.1, 0.15) is 65.1 Å². The number of carbonyl (C=O) groups is 1. The molecule has 0 bridgehead atoms. The Kier molecular flexibility index (Phi) is 3.75. The maximum atomic E-state index is 12.6. The van der Waals surface area contributed by atoms with E-state index in [1.165, 1.54) is 12.8 Å². The fraction of sp³-hybridized carbons (Fsp3) is 0.500. The minimum atomic E-state index is -0.0918. The van der Waals surface area contributed by atoms with Crippen molar-refractivity contribution in [3.8, 4) is 5.75 Å². The number of piperidine rings is 1. The summed E-state index contributed by atoms with van der Waals surface area (Å²) in [6, 6.07) is 5.14. The first-order valence-electron chi connectivity index (χ1n) is 8.63. The maximum absolute atomic E-state index is 12.6. The van der Waals surface area contributed by atoms with Crippen LogP contribution >= 0.6 is 0 Å². The van der Waals surface area contributed by atoms with Gasteiger partial charge < -0.3 is 10.0 Å². The van der Waals surface area contributed by atoms with Crippen LogP contribution in [-0.2, 0) is 0 Å². The number of hydrogen-bond acceptors (Lipinski definition) is 4. The molecule has 1 aromatic heterocycles. The van der Waals surface area contributed by atoms with E-state index in [1.54, 1.807) is 18.2 Å². The molecule has 1 amide bonds. The summed E-state index contributed by atoms with van der Waals surface area (Å²) in [6.07, 6.45) is 4.14. The van der Waals surface area contributed by atoms with Crippen LogP contribution in [0.3, 0.4) is 0 Å². The number of nitrogens with one attached hydrogen (secondary N) is 1. The first kappa shape index (κ1) is 15.2. The van der Waals surface area contributed by atoms with Crippen LogP contribution in [0.25, 0.3) is 0 Å². The highest BCUT2D eigenvalue weighted by Crippen LogP contribution is 2.38. The van der Waals surface area contributed by atoms with E-state index in [0.717, 1.165) is 30.1 Å². The van der Waals surface area contributed by atoms with Crippen molar-refractivity contribution in [2.75, 3.05) is 13.1 Å². The number of hydrogen-bond donors (Lipinski definition) is 2. The van der Waals surface area contributed by atoms with Gasteiger partial charge in [-0.15, -0.1) is 0 Å². The Morgan fingerprint density at radius 2 is 1.96 bits per heavy atom. The van der Waals surface area contributed by atoms with Crippen molar-refractivity contribution in [1.82, 2.24) is 20.1 Å². The molecule has 2 fully saturated rings. The van der Waals surface area contributed by atoms with E-state index in [-0.39, 0.29) is 11.7 Å². The van der Waals surface area contributed by atoms with Crippen LogP contribution in [0.2, 0.25) is 0 Å². The Balaban J connectivity index is 1.41. The highest BCUT2D eigenvalue weighted by molar-refractivity contribution is 5.97. The third kappa shape index (κ3) is 2.88. The number of aryl methyl sites for hydroxylation is 1. The number of amides is 1. The smallest absolute Gasteiger partial charge is 0.257 e. The second-order valence-corrected chi connectivity index (χ2v) is 6.94. The third-order valence-electron chi connectivity index (χ3n) is 5.01. The van der Waals surface area contributed by atoms with E-state index >= 15 is 0 Å². The Morgan fingerprint density at radius 1 is 1.21 bits per heavy atom. The number of benzene rings is 1. The molecule has 0 unspecified atom stereocenters. The molecule has 0 spiro atoms. The molecule has 1 aliphatic carbocycles. The molecule has 1 aliphatic heterocycles. The lowest BCUT2D eigenvalue weighted by molar-refractivity contribution is 0.0708. The van der Waals surface area contributed by atoms with Gasteiger partial charge in [-0.2, -0.15) is 5.10 Å². The third-order valence-corrected chi connectivity index (χ3v) is 5.01. The Bertz CT molecular complexity index is 758. The lowest BCUT2D eigenvalue weighted by Crippen LogP contribution is -2.38. The predicted molar refractivity (Wildman–Crippen MR) is 89.1 cm³/mol. The molecule has 1 aromatic carbocycles. The number of aromatic hydroxyl groups is 1. The Labute approximate surface area is 140 Å². The zero-order valence-corrected chi connectivity index (χ0v) is 13.8. The van der Waals surface area contributed by atoms with Crippen molar-refractivity contribution in [2.45, 2.75) is 44.4 Å². The molecule has 1 saturated heterocycles. The normalized spacial score (nSPS) is 18.8. The summed E-state index contributed by atoms with van der Waals surface area (Å²) < 4.78 is 0. The van der Waals surface area contributed by atoms with Gasteiger partial charge in [-0.3, -0.25) is 9.89 Å². The number of H-pyrrole nitrogens is 1. The number of phenols is 1. The molecule has 0 radical (unpaired) electrons. The van der Waals surface area contributed by atoms with Gasteiger partial charge in [0.1, 0.15) is 11.6 Å². The number of phenolic OH excluding ortho intramolecular Hbond substituents is 1. The summed E-state index contributed by atoms with van der Waals surface area (Å²) in [5.74, 6) is 2.76. The molecule has 1 saturated carbocycles. The fourth-order valence-corrected chi connectivity index (χ4v) is 3.34. The fourth-order valence-electron chi connectivity index (χ4n) is 3.34. The largest absolute Gasteiger partial charge is 0.507 e. The topological polar surface area (TPSA) is 82.1 Å².